The van der Waals surface area contributed by atoms with Gasteiger partial charge in [0.2, 0.25) is 0 Å². The third kappa shape index (κ3) is 4.30. The van der Waals surface area contributed by atoms with E-state index < -0.39 is 0 Å². The number of anilines is 1. The summed E-state index contributed by atoms with van der Waals surface area (Å²) >= 11 is 0. The second kappa shape index (κ2) is 7.44. The number of benzene rings is 2. The largest absolute Gasteiger partial charge is 0.455 e. The molecule has 0 aliphatic carbocycles. The van der Waals surface area contributed by atoms with Crippen LogP contribution in [-0.4, -0.2) is 19.8 Å². The van der Waals surface area contributed by atoms with E-state index in [1.165, 1.54) is 0 Å². The molecule has 0 spiro atoms. The molecule has 0 atom stereocenters. The van der Waals surface area contributed by atoms with Crippen LogP contribution in [0.4, 0.5) is 5.69 Å². The first-order valence-electron chi connectivity index (χ1n) is 6.53. The molecule has 0 heterocycles. The first kappa shape index (κ1) is 13.4. The van der Waals surface area contributed by atoms with E-state index in [9.17, 15) is 0 Å². The second-order valence-electron chi connectivity index (χ2n) is 4.03. The van der Waals surface area contributed by atoms with Crippen molar-refractivity contribution in [1.29, 1.82) is 0 Å². The van der Waals surface area contributed by atoms with E-state index in [-0.39, 0.29) is 0 Å². The van der Waals surface area contributed by atoms with E-state index >= 15 is 0 Å². The maximum atomic E-state index is 5.86. The van der Waals surface area contributed by atoms with Crippen molar-refractivity contribution < 1.29 is 9.47 Å². The smallest absolute Gasteiger partial charge is 0.150 e. The van der Waals surface area contributed by atoms with Crippen molar-refractivity contribution in [2.24, 2.45) is 0 Å². The number of ether oxygens (including phenoxy) is 2. The van der Waals surface area contributed by atoms with Crippen LogP contribution in [0, 0.1) is 0 Å². The number of hydrogen-bond donors (Lipinski definition) is 1. The summed E-state index contributed by atoms with van der Waals surface area (Å²) in [6.07, 6.45) is 0. The first-order valence-corrected chi connectivity index (χ1v) is 6.53. The first-order chi connectivity index (χ1) is 9.40. The molecule has 3 nitrogen and oxygen atoms in total. The molecular formula is C16H19NO2. The molecule has 0 aliphatic heterocycles. The molecule has 100 valence electrons. The van der Waals surface area contributed by atoms with Crippen LogP contribution in [0.3, 0.4) is 0 Å². The Kier molecular flexibility index (Phi) is 5.26. The molecule has 0 unspecified atom stereocenters. The summed E-state index contributed by atoms with van der Waals surface area (Å²) < 4.78 is 11.2. The number of hydrogen-bond acceptors (Lipinski definition) is 3. The quantitative estimate of drug-likeness (QED) is 0.762. The highest BCUT2D eigenvalue weighted by atomic mass is 16.5. The molecule has 2 aromatic rings. The van der Waals surface area contributed by atoms with Gasteiger partial charge in [0.05, 0.1) is 12.3 Å². The zero-order valence-corrected chi connectivity index (χ0v) is 11.1. The van der Waals surface area contributed by atoms with Crippen LogP contribution in [-0.2, 0) is 4.74 Å². The van der Waals surface area contributed by atoms with Crippen molar-refractivity contribution in [2.75, 3.05) is 25.1 Å². The van der Waals surface area contributed by atoms with Crippen LogP contribution in [0.2, 0.25) is 0 Å². The van der Waals surface area contributed by atoms with Crippen molar-refractivity contribution in [3.05, 3.63) is 54.6 Å². The molecule has 0 saturated heterocycles. The lowest BCUT2D eigenvalue weighted by Gasteiger charge is -2.12. The van der Waals surface area contributed by atoms with Crippen LogP contribution in [0.5, 0.6) is 11.5 Å². The molecule has 0 aromatic heterocycles. The van der Waals surface area contributed by atoms with Crippen LogP contribution >= 0.6 is 0 Å². The Bertz CT molecular complexity index is 485. The highest BCUT2D eigenvalue weighted by Crippen LogP contribution is 2.28. The van der Waals surface area contributed by atoms with E-state index in [1.54, 1.807) is 0 Å². The molecule has 2 aromatic carbocycles. The predicted octanol–water partition coefficient (Wildman–Crippen LogP) is 3.93. The van der Waals surface area contributed by atoms with Crippen LogP contribution < -0.4 is 10.1 Å². The zero-order valence-electron chi connectivity index (χ0n) is 11.1. The fourth-order valence-electron chi connectivity index (χ4n) is 1.72. The average Bonchev–Trinajstić information content (AvgIpc) is 2.46. The molecule has 3 heteroatoms. The number of nitrogens with one attached hydrogen (secondary N) is 1. The maximum absolute atomic E-state index is 5.86. The van der Waals surface area contributed by atoms with E-state index in [0.29, 0.717) is 6.61 Å². The molecule has 0 radical (unpaired) electrons. The summed E-state index contributed by atoms with van der Waals surface area (Å²) in [7, 11) is 0. The molecule has 0 amide bonds. The predicted molar refractivity (Wildman–Crippen MR) is 77.9 cm³/mol. The van der Waals surface area contributed by atoms with Crippen LogP contribution in [0.25, 0.3) is 0 Å². The minimum Gasteiger partial charge on any atom is -0.455 e. The molecule has 0 aliphatic rings. The van der Waals surface area contributed by atoms with Gasteiger partial charge in [0.25, 0.3) is 0 Å². The lowest BCUT2D eigenvalue weighted by molar-refractivity contribution is 0.158. The van der Waals surface area contributed by atoms with Gasteiger partial charge in [0, 0.05) is 13.2 Å². The Morgan fingerprint density at radius 3 is 2.47 bits per heavy atom. The van der Waals surface area contributed by atoms with E-state index in [0.717, 1.165) is 30.3 Å². The molecule has 0 saturated carbocycles. The summed E-state index contributed by atoms with van der Waals surface area (Å²) in [5, 5.41) is 3.32. The highest BCUT2D eigenvalue weighted by molar-refractivity contribution is 5.57. The average molecular weight is 257 g/mol. The zero-order chi connectivity index (χ0) is 13.3. The highest BCUT2D eigenvalue weighted by Gasteiger charge is 2.03. The molecule has 19 heavy (non-hydrogen) atoms. The van der Waals surface area contributed by atoms with Gasteiger partial charge in [-0.3, -0.25) is 0 Å². The lowest BCUT2D eigenvalue weighted by Crippen LogP contribution is -2.09. The fraction of sp³-hybridized carbons (Fsp3) is 0.250. The third-order valence-electron chi connectivity index (χ3n) is 2.62. The van der Waals surface area contributed by atoms with Gasteiger partial charge in [-0.15, -0.1) is 0 Å². The summed E-state index contributed by atoms with van der Waals surface area (Å²) in [6.45, 7) is 4.19. The minimum absolute atomic E-state index is 0.691. The fourth-order valence-corrected chi connectivity index (χ4v) is 1.72. The molecule has 0 fully saturated rings. The van der Waals surface area contributed by atoms with Gasteiger partial charge >= 0.3 is 0 Å². The van der Waals surface area contributed by atoms with Gasteiger partial charge in [-0.05, 0) is 31.2 Å². The standard InChI is InChI=1S/C16H19NO2/c1-2-18-13-12-17-15-10-6-7-11-16(15)19-14-8-4-3-5-9-14/h3-11,17H,2,12-13H2,1H3. The number of para-hydroxylation sites is 3. The third-order valence-corrected chi connectivity index (χ3v) is 2.62. The van der Waals surface area contributed by atoms with Crippen LogP contribution in [0.1, 0.15) is 6.92 Å². The van der Waals surface area contributed by atoms with Crippen molar-refractivity contribution in [3.8, 4) is 11.5 Å². The second-order valence-corrected chi connectivity index (χ2v) is 4.03. The summed E-state index contributed by atoms with van der Waals surface area (Å²) in [4.78, 5) is 0. The lowest BCUT2D eigenvalue weighted by atomic mass is 10.3. The Balaban J connectivity index is 2.00. The van der Waals surface area contributed by atoms with Gasteiger partial charge in [0.1, 0.15) is 5.75 Å². The summed E-state index contributed by atoms with van der Waals surface area (Å²) in [6, 6.07) is 17.7. The van der Waals surface area contributed by atoms with E-state index in [2.05, 4.69) is 5.32 Å². The monoisotopic (exact) mass is 257 g/mol. The Labute approximate surface area is 114 Å². The van der Waals surface area contributed by atoms with Gasteiger partial charge in [-0.1, -0.05) is 30.3 Å². The van der Waals surface area contributed by atoms with E-state index in [1.807, 2.05) is 61.5 Å². The molecular weight excluding hydrogens is 238 g/mol. The van der Waals surface area contributed by atoms with Gasteiger partial charge < -0.3 is 14.8 Å². The maximum Gasteiger partial charge on any atom is 0.150 e. The van der Waals surface area contributed by atoms with Gasteiger partial charge in [-0.25, -0.2) is 0 Å². The summed E-state index contributed by atoms with van der Waals surface area (Å²) in [5.41, 5.74) is 0.978. The number of rotatable bonds is 7. The molecule has 2 rings (SSSR count). The topological polar surface area (TPSA) is 30.5 Å². The van der Waals surface area contributed by atoms with Crippen molar-refractivity contribution in [3.63, 3.8) is 0 Å². The molecule has 0 bridgehead atoms. The van der Waals surface area contributed by atoms with Gasteiger partial charge in [-0.2, -0.15) is 0 Å². The summed E-state index contributed by atoms with van der Waals surface area (Å²) in [5.74, 6) is 1.66. The Hall–Kier alpha value is -2.00. The van der Waals surface area contributed by atoms with Crippen molar-refractivity contribution >= 4 is 5.69 Å². The van der Waals surface area contributed by atoms with Crippen LogP contribution in [0.15, 0.2) is 54.6 Å². The van der Waals surface area contributed by atoms with Gasteiger partial charge in [0.15, 0.2) is 5.75 Å². The van der Waals surface area contributed by atoms with Crippen molar-refractivity contribution in [1.82, 2.24) is 0 Å². The van der Waals surface area contributed by atoms with Crippen molar-refractivity contribution in [2.45, 2.75) is 6.92 Å². The Morgan fingerprint density at radius 2 is 1.68 bits per heavy atom. The minimum atomic E-state index is 0.691. The SMILES string of the molecule is CCOCCNc1ccccc1Oc1ccccc1. The Morgan fingerprint density at radius 1 is 0.947 bits per heavy atom. The molecule has 1 N–H and O–H groups in total. The normalized spacial score (nSPS) is 10.2. The van der Waals surface area contributed by atoms with E-state index in [4.69, 9.17) is 9.47 Å².